The third kappa shape index (κ3) is 72.4. The second-order valence-electron chi connectivity index (χ2n) is 29.4. The van der Waals surface area contributed by atoms with Crippen molar-refractivity contribution < 1.29 is 80.2 Å². The Labute approximate surface area is 600 Å². The van der Waals surface area contributed by atoms with Crippen LogP contribution in [0.15, 0.2) is 0 Å². The van der Waals surface area contributed by atoms with Crippen molar-refractivity contribution in [3.8, 4) is 0 Å². The lowest BCUT2D eigenvalue weighted by Crippen LogP contribution is -2.30. The standard InChI is InChI=1S/C79H154O17P2/c1-7-9-11-13-15-16-17-18-19-20-21-22-23-28-31-34-39-45-51-57-63-78(83)96-75(68-90-77(82)62-56-50-44-38-33-30-27-25-24-26-29-32-36-42-47-53-59-71(3)4)70-94-98(87,88)92-66-73(80)65-91-97(85,86)93-69-74(67-89-76(81)61-55-49-41-14-12-10-8-2)95-79(84)64-58-52-46-40-35-37-43-48-54-60-72(5)6/h71-75,80H,7-70H2,1-6H3,(H,85,86)(H,87,88)/t73-,74+,75+/m0/s1. The molecule has 0 bridgehead atoms. The van der Waals surface area contributed by atoms with Gasteiger partial charge >= 0.3 is 39.5 Å². The number of aliphatic hydroxyl groups excluding tert-OH is 1. The SMILES string of the molecule is CCCCCCCCCCCCCCCCCCCCCCC(=O)O[C@H](COC(=O)CCCCCCCCCCCCCCCCCCC(C)C)COP(=O)(O)OC[C@@H](O)COP(=O)(O)OC[C@@H](COC(=O)CCCCCCCCC)OC(=O)CCCCCCCCCCCC(C)C. The summed E-state index contributed by atoms with van der Waals surface area (Å²) in [6.45, 7) is 9.58. The zero-order valence-corrected chi connectivity index (χ0v) is 65.9. The van der Waals surface area contributed by atoms with Crippen molar-refractivity contribution in [1.82, 2.24) is 0 Å². The minimum atomic E-state index is -4.96. The van der Waals surface area contributed by atoms with Crippen LogP contribution in [0, 0.1) is 11.8 Å². The Morgan fingerprint density at radius 1 is 0.276 bits per heavy atom. The third-order valence-electron chi connectivity index (χ3n) is 18.5. The van der Waals surface area contributed by atoms with Crippen LogP contribution in [-0.4, -0.2) is 96.7 Å². The Balaban J connectivity index is 5.17. The molecule has 0 heterocycles. The minimum Gasteiger partial charge on any atom is -0.462 e. The molecule has 0 aromatic carbocycles. The van der Waals surface area contributed by atoms with Crippen molar-refractivity contribution in [2.24, 2.45) is 11.8 Å². The summed E-state index contributed by atoms with van der Waals surface area (Å²) in [6, 6.07) is 0. The van der Waals surface area contributed by atoms with E-state index in [1.165, 1.54) is 218 Å². The average Bonchev–Trinajstić information content (AvgIpc) is 1.25. The number of aliphatic hydroxyl groups is 1. The van der Waals surface area contributed by atoms with Gasteiger partial charge in [0.1, 0.15) is 19.3 Å². The van der Waals surface area contributed by atoms with Crippen LogP contribution < -0.4 is 0 Å². The number of rotatable bonds is 78. The first-order valence-electron chi connectivity index (χ1n) is 41.0. The molecule has 0 aliphatic rings. The van der Waals surface area contributed by atoms with E-state index in [-0.39, 0.29) is 25.7 Å². The van der Waals surface area contributed by atoms with E-state index < -0.39 is 97.5 Å². The molecule has 0 radical (unpaired) electrons. The predicted molar refractivity (Wildman–Crippen MR) is 400 cm³/mol. The van der Waals surface area contributed by atoms with Gasteiger partial charge < -0.3 is 33.8 Å². The zero-order valence-electron chi connectivity index (χ0n) is 64.1. The van der Waals surface area contributed by atoms with Crippen LogP contribution in [0.4, 0.5) is 0 Å². The molecule has 0 aliphatic heterocycles. The monoisotopic (exact) mass is 1440 g/mol. The molecule has 3 N–H and O–H groups in total. The largest absolute Gasteiger partial charge is 0.472 e. The summed E-state index contributed by atoms with van der Waals surface area (Å²) in [4.78, 5) is 72.8. The number of esters is 4. The lowest BCUT2D eigenvalue weighted by atomic mass is 10.0. The quantitative estimate of drug-likeness (QED) is 0.0222. The summed E-state index contributed by atoms with van der Waals surface area (Å²) >= 11 is 0. The van der Waals surface area contributed by atoms with Gasteiger partial charge in [0, 0.05) is 25.7 Å². The van der Waals surface area contributed by atoms with Crippen LogP contribution in [0.3, 0.4) is 0 Å². The lowest BCUT2D eigenvalue weighted by molar-refractivity contribution is -0.161. The summed E-state index contributed by atoms with van der Waals surface area (Å²) in [5, 5.41) is 10.6. The first-order chi connectivity index (χ1) is 47.4. The second-order valence-corrected chi connectivity index (χ2v) is 32.3. The summed E-state index contributed by atoms with van der Waals surface area (Å²) in [5.74, 6) is -0.568. The maximum Gasteiger partial charge on any atom is 0.472 e. The smallest absolute Gasteiger partial charge is 0.462 e. The third-order valence-corrected chi connectivity index (χ3v) is 20.4. The topological polar surface area (TPSA) is 237 Å². The first-order valence-corrected chi connectivity index (χ1v) is 44.0. The number of phosphoric ester groups is 2. The van der Waals surface area contributed by atoms with Gasteiger partial charge in [-0.2, -0.15) is 0 Å². The molecule has 19 heteroatoms. The van der Waals surface area contributed by atoms with Gasteiger partial charge in [-0.15, -0.1) is 0 Å². The van der Waals surface area contributed by atoms with Crippen LogP contribution in [0.1, 0.15) is 414 Å². The van der Waals surface area contributed by atoms with E-state index in [1.807, 2.05) is 0 Å². The number of unbranched alkanes of at least 4 members (excludes halogenated alkanes) is 48. The van der Waals surface area contributed by atoms with E-state index in [2.05, 4.69) is 41.5 Å². The number of hydrogen-bond acceptors (Lipinski definition) is 15. The highest BCUT2D eigenvalue weighted by atomic mass is 31.2. The molecule has 0 spiro atoms. The summed E-state index contributed by atoms with van der Waals surface area (Å²) < 4.78 is 68.5. The number of carbonyl (C=O) groups excluding carboxylic acids is 4. The highest BCUT2D eigenvalue weighted by Gasteiger charge is 2.30. The van der Waals surface area contributed by atoms with Gasteiger partial charge in [-0.05, 0) is 37.5 Å². The van der Waals surface area contributed by atoms with Gasteiger partial charge in [0.15, 0.2) is 12.2 Å². The fourth-order valence-corrected chi connectivity index (χ4v) is 13.8. The van der Waals surface area contributed by atoms with Gasteiger partial charge in [-0.1, -0.05) is 363 Å². The second kappa shape index (κ2) is 70.7. The molecule has 0 saturated carbocycles. The Morgan fingerprint density at radius 3 is 0.694 bits per heavy atom. The Morgan fingerprint density at radius 2 is 0.469 bits per heavy atom. The Kier molecular flexibility index (Phi) is 69.3. The van der Waals surface area contributed by atoms with Crippen molar-refractivity contribution in [2.75, 3.05) is 39.6 Å². The molecule has 0 amide bonds. The molecule has 0 fully saturated rings. The normalized spacial score (nSPS) is 13.9. The van der Waals surface area contributed by atoms with Crippen LogP contribution in [0.5, 0.6) is 0 Å². The number of carbonyl (C=O) groups is 4. The molecule has 17 nitrogen and oxygen atoms in total. The molecule has 98 heavy (non-hydrogen) atoms. The van der Waals surface area contributed by atoms with E-state index in [4.69, 9.17) is 37.0 Å². The van der Waals surface area contributed by atoms with Crippen LogP contribution in [-0.2, 0) is 65.4 Å². The fourth-order valence-electron chi connectivity index (χ4n) is 12.2. The number of hydrogen-bond donors (Lipinski definition) is 3. The van der Waals surface area contributed by atoms with Crippen molar-refractivity contribution >= 4 is 39.5 Å². The average molecular weight is 1440 g/mol. The Hall–Kier alpha value is -1.94. The molecule has 0 aromatic heterocycles. The molecular weight excluding hydrogens is 1280 g/mol. The minimum absolute atomic E-state index is 0.105. The van der Waals surface area contributed by atoms with E-state index in [9.17, 15) is 43.2 Å². The van der Waals surface area contributed by atoms with Crippen LogP contribution in [0.2, 0.25) is 0 Å². The molecule has 0 saturated heterocycles. The van der Waals surface area contributed by atoms with Gasteiger partial charge in [0.25, 0.3) is 0 Å². The molecule has 582 valence electrons. The molecule has 5 atom stereocenters. The van der Waals surface area contributed by atoms with E-state index in [1.54, 1.807) is 0 Å². The first kappa shape index (κ1) is 96.1. The number of ether oxygens (including phenoxy) is 4. The summed E-state index contributed by atoms with van der Waals surface area (Å²) in [6.07, 6.45) is 60.0. The number of phosphoric acid groups is 2. The van der Waals surface area contributed by atoms with Crippen molar-refractivity contribution in [1.29, 1.82) is 0 Å². The zero-order chi connectivity index (χ0) is 72.1. The van der Waals surface area contributed by atoms with Crippen molar-refractivity contribution in [2.45, 2.75) is 432 Å². The van der Waals surface area contributed by atoms with E-state index >= 15 is 0 Å². The maximum absolute atomic E-state index is 13.1. The Bertz CT molecular complexity index is 1890. The van der Waals surface area contributed by atoms with Crippen molar-refractivity contribution in [3.05, 3.63) is 0 Å². The molecule has 0 aliphatic carbocycles. The maximum atomic E-state index is 13.1. The van der Waals surface area contributed by atoms with Gasteiger partial charge in [-0.3, -0.25) is 37.3 Å². The van der Waals surface area contributed by atoms with Gasteiger partial charge in [-0.25, -0.2) is 9.13 Å². The van der Waals surface area contributed by atoms with Crippen LogP contribution >= 0.6 is 15.6 Å². The summed E-state index contributed by atoms with van der Waals surface area (Å²) in [5.41, 5.74) is 0. The molecule has 0 aromatic rings. The van der Waals surface area contributed by atoms with Gasteiger partial charge in [0.05, 0.1) is 26.4 Å². The fraction of sp³-hybridized carbons (Fsp3) is 0.949. The van der Waals surface area contributed by atoms with E-state index in [0.29, 0.717) is 25.7 Å². The molecular formula is C79H154O17P2. The van der Waals surface area contributed by atoms with Gasteiger partial charge in [0.2, 0.25) is 0 Å². The highest BCUT2D eigenvalue weighted by molar-refractivity contribution is 7.47. The summed E-state index contributed by atoms with van der Waals surface area (Å²) in [7, 11) is -9.91. The van der Waals surface area contributed by atoms with Crippen molar-refractivity contribution in [3.63, 3.8) is 0 Å². The predicted octanol–water partition coefficient (Wildman–Crippen LogP) is 23.5. The van der Waals surface area contributed by atoms with E-state index in [0.717, 1.165) is 115 Å². The lowest BCUT2D eigenvalue weighted by Gasteiger charge is -2.21. The highest BCUT2D eigenvalue weighted by Crippen LogP contribution is 2.45. The molecule has 0 rings (SSSR count). The van der Waals surface area contributed by atoms with Crippen LogP contribution in [0.25, 0.3) is 0 Å². The molecule has 2 unspecified atom stereocenters.